The number of ether oxygens (including phenoxy) is 2. The quantitative estimate of drug-likeness (QED) is 0.812. The molecular formula is C14H12Cl2N2O3. The van der Waals surface area contributed by atoms with E-state index in [0.29, 0.717) is 41.2 Å². The largest absolute Gasteiger partial charge is 0.477 e. The lowest BCUT2D eigenvalue weighted by Crippen LogP contribution is -2.10. The molecule has 1 aromatic heterocycles. The van der Waals surface area contributed by atoms with Crippen LogP contribution in [0.5, 0.6) is 5.88 Å². The van der Waals surface area contributed by atoms with Gasteiger partial charge in [0.2, 0.25) is 5.88 Å². The average Bonchev–Trinajstić information content (AvgIpc) is 3.04. The molecule has 0 saturated heterocycles. The number of hydrogen-bond donors (Lipinski definition) is 0. The van der Waals surface area contributed by atoms with E-state index < -0.39 is 5.97 Å². The van der Waals surface area contributed by atoms with Crippen molar-refractivity contribution in [2.45, 2.75) is 13.3 Å². The zero-order valence-electron chi connectivity index (χ0n) is 11.2. The molecule has 1 aliphatic heterocycles. The van der Waals surface area contributed by atoms with Gasteiger partial charge in [0.05, 0.1) is 34.5 Å². The third kappa shape index (κ3) is 2.47. The first-order valence-corrected chi connectivity index (χ1v) is 7.24. The van der Waals surface area contributed by atoms with Crippen LogP contribution in [-0.2, 0) is 11.2 Å². The molecule has 110 valence electrons. The van der Waals surface area contributed by atoms with Crippen LogP contribution in [0.3, 0.4) is 0 Å². The third-order valence-corrected chi connectivity index (χ3v) is 3.88. The molecule has 7 heteroatoms. The van der Waals surface area contributed by atoms with Crippen molar-refractivity contribution in [1.29, 1.82) is 0 Å². The molecule has 1 aromatic carbocycles. The summed E-state index contributed by atoms with van der Waals surface area (Å²) in [6, 6.07) is 5.11. The predicted molar refractivity (Wildman–Crippen MR) is 78.7 cm³/mol. The molecule has 0 aliphatic carbocycles. The van der Waals surface area contributed by atoms with Crippen molar-refractivity contribution in [1.82, 2.24) is 9.78 Å². The summed E-state index contributed by atoms with van der Waals surface area (Å²) < 4.78 is 12.2. The summed E-state index contributed by atoms with van der Waals surface area (Å²) in [6.45, 7) is 2.57. The fourth-order valence-electron chi connectivity index (χ4n) is 2.21. The van der Waals surface area contributed by atoms with Crippen LogP contribution in [-0.4, -0.2) is 29.0 Å². The molecule has 0 unspecified atom stereocenters. The van der Waals surface area contributed by atoms with Crippen molar-refractivity contribution < 1.29 is 14.3 Å². The molecule has 0 N–H and O–H groups in total. The predicted octanol–water partition coefficient (Wildman–Crippen LogP) is 3.29. The zero-order valence-corrected chi connectivity index (χ0v) is 12.7. The molecule has 0 saturated carbocycles. The van der Waals surface area contributed by atoms with E-state index in [9.17, 15) is 4.79 Å². The van der Waals surface area contributed by atoms with Crippen molar-refractivity contribution in [2.75, 3.05) is 13.2 Å². The van der Waals surface area contributed by atoms with Crippen molar-refractivity contribution in [3.63, 3.8) is 0 Å². The van der Waals surface area contributed by atoms with Gasteiger partial charge in [-0.3, -0.25) is 0 Å². The normalized spacial score (nSPS) is 12.9. The van der Waals surface area contributed by atoms with Gasteiger partial charge in [0.1, 0.15) is 0 Å². The molecule has 2 aromatic rings. The Labute approximate surface area is 131 Å². The highest BCUT2D eigenvalue weighted by Crippen LogP contribution is 2.33. The number of carbonyl (C=O) groups excluding carboxylic acids is 1. The van der Waals surface area contributed by atoms with Crippen LogP contribution in [0.1, 0.15) is 23.0 Å². The van der Waals surface area contributed by atoms with Crippen LogP contribution in [0.2, 0.25) is 10.0 Å². The summed E-state index contributed by atoms with van der Waals surface area (Å²) in [5, 5.41) is 5.17. The summed E-state index contributed by atoms with van der Waals surface area (Å²) in [5.41, 5.74) is 1.73. The Morgan fingerprint density at radius 3 is 2.95 bits per heavy atom. The van der Waals surface area contributed by atoms with E-state index in [1.165, 1.54) is 0 Å². The minimum absolute atomic E-state index is 0.287. The number of esters is 1. The lowest BCUT2D eigenvalue weighted by Gasteiger charge is -2.06. The van der Waals surface area contributed by atoms with Gasteiger partial charge in [-0.05, 0) is 25.1 Å². The second-order valence-electron chi connectivity index (χ2n) is 4.46. The van der Waals surface area contributed by atoms with Gasteiger partial charge >= 0.3 is 5.97 Å². The molecular weight excluding hydrogens is 315 g/mol. The number of rotatable bonds is 3. The fraction of sp³-hybridized carbons (Fsp3) is 0.286. The van der Waals surface area contributed by atoms with Crippen molar-refractivity contribution in [3.8, 4) is 11.6 Å². The monoisotopic (exact) mass is 326 g/mol. The van der Waals surface area contributed by atoms with E-state index in [1.807, 2.05) is 0 Å². The average molecular weight is 327 g/mol. The van der Waals surface area contributed by atoms with E-state index in [2.05, 4.69) is 5.10 Å². The highest BCUT2D eigenvalue weighted by Gasteiger charge is 2.29. The van der Waals surface area contributed by atoms with Crippen LogP contribution < -0.4 is 4.74 Å². The molecule has 0 fully saturated rings. The maximum Gasteiger partial charge on any atom is 0.359 e. The number of fused-ring (bicyclic) bond motifs is 1. The lowest BCUT2D eigenvalue weighted by molar-refractivity contribution is 0.0517. The van der Waals surface area contributed by atoms with E-state index in [4.69, 9.17) is 32.7 Å². The second kappa shape index (κ2) is 5.58. The molecule has 0 radical (unpaired) electrons. The maximum absolute atomic E-state index is 12.0. The number of halogens is 2. The van der Waals surface area contributed by atoms with Crippen LogP contribution in [0.15, 0.2) is 18.2 Å². The van der Waals surface area contributed by atoms with E-state index >= 15 is 0 Å². The summed E-state index contributed by atoms with van der Waals surface area (Å²) >= 11 is 11.9. The van der Waals surface area contributed by atoms with Gasteiger partial charge in [-0.2, -0.15) is 9.78 Å². The molecule has 3 rings (SSSR count). The van der Waals surface area contributed by atoms with Crippen molar-refractivity contribution in [3.05, 3.63) is 39.5 Å². The van der Waals surface area contributed by atoms with Crippen molar-refractivity contribution >= 4 is 29.2 Å². The topological polar surface area (TPSA) is 53.3 Å². The number of aromatic nitrogens is 2. The molecule has 0 bridgehead atoms. The zero-order chi connectivity index (χ0) is 15.0. The van der Waals surface area contributed by atoms with Gasteiger partial charge in [0.25, 0.3) is 0 Å². The molecule has 0 amide bonds. The number of carbonyl (C=O) groups is 1. The Kier molecular flexibility index (Phi) is 3.78. The molecule has 21 heavy (non-hydrogen) atoms. The van der Waals surface area contributed by atoms with Crippen LogP contribution in [0, 0.1) is 0 Å². The highest BCUT2D eigenvalue weighted by molar-refractivity contribution is 6.42. The molecule has 0 atom stereocenters. The Bertz CT molecular complexity index is 712. The van der Waals surface area contributed by atoms with Gasteiger partial charge in [0, 0.05) is 6.42 Å². The molecule has 5 nitrogen and oxygen atoms in total. The molecule has 2 heterocycles. The number of nitrogens with zero attached hydrogens (tertiary/aromatic N) is 2. The Morgan fingerprint density at radius 2 is 2.24 bits per heavy atom. The SMILES string of the molecule is CCOC(=O)c1nn(-c2ccc(Cl)c(Cl)c2)c2c1CCO2. The summed E-state index contributed by atoms with van der Waals surface area (Å²) in [4.78, 5) is 12.0. The number of benzene rings is 1. The fourth-order valence-corrected chi connectivity index (χ4v) is 2.51. The van der Waals surface area contributed by atoms with Crippen molar-refractivity contribution in [2.24, 2.45) is 0 Å². The Morgan fingerprint density at radius 1 is 1.43 bits per heavy atom. The van der Waals surface area contributed by atoms with E-state index in [-0.39, 0.29) is 5.69 Å². The Hall–Kier alpha value is -1.72. The molecule has 1 aliphatic rings. The van der Waals surface area contributed by atoms with Crippen LogP contribution in [0.25, 0.3) is 5.69 Å². The summed E-state index contributed by atoms with van der Waals surface area (Å²) in [7, 11) is 0. The summed E-state index contributed by atoms with van der Waals surface area (Å²) in [5.74, 6) is 0.106. The van der Waals surface area contributed by atoms with Gasteiger partial charge < -0.3 is 9.47 Å². The first kappa shape index (κ1) is 14.2. The Balaban J connectivity index is 2.09. The van der Waals surface area contributed by atoms with Gasteiger partial charge in [-0.25, -0.2) is 4.79 Å². The van der Waals surface area contributed by atoms with Crippen LogP contribution in [0.4, 0.5) is 0 Å². The first-order chi connectivity index (χ1) is 10.1. The number of hydrogen-bond acceptors (Lipinski definition) is 4. The minimum Gasteiger partial charge on any atom is -0.477 e. The molecule has 0 spiro atoms. The van der Waals surface area contributed by atoms with Gasteiger partial charge in [-0.15, -0.1) is 0 Å². The minimum atomic E-state index is -0.446. The van der Waals surface area contributed by atoms with E-state index in [1.54, 1.807) is 29.8 Å². The third-order valence-electron chi connectivity index (χ3n) is 3.14. The van der Waals surface area contributed by atoms with Gasteiger partial charge in [0.15, 0.2) is 5.69 Å². The lowest BCUT2D eigenvalue weighted by atomic mass is 10.2. The van der Waals surface area contributed by atoms with Gasteiger partial charge in [-0.1, -0.05) is 23.2 Å². The smallest absolute Gasteiger partial charge is 0.359 e. The highest BCUT2D eigenvalue weighted by atomic mass is 35.5. The van der Waals surface area contributed by atoms with Crippen LogP contribution >= 0.6 is 23.2 Å². The standard InChI is InChI=1S/C14H12Cl2N2O3/c1-2-20-14(19)12-9-5-6-21-13(9)18(17-12)8-3-4-10(15)11(16)7-8/h3-4,7H,2,5-6H2,1H3. The first-order valence-electron chi connectivity index (χ1n) is 6.49. The second-order valence-corrected chi connectivity index (χ2v) is 5.28. The maximum atomic E-state index is 12.0. The van der Waals surface area contributed by atoms with E-state index in [0.717, 1.165) is 5.56 Å². The summed E-state index contributed by atoms with van der Waals surface area (Å²) in [6.07, 6.45) is 0.630.